The number of carbonyl (C=O) groups is 2. The van der Waals surface area contributed by atoms with E-state index in [-0.39, 0.29) is 24.4 Å². The molecule has 0 spiro atoms. The van der Waals surface area contributed by atoms with Crippen molar-refractivity contribution in [3.05, 3.63) is 58.9 Å². The lowest BCUT2D eigenvalue weighted by Gasteiger charge is -2.28. The maximum atomic E-state index is 13.1. The Hall–Kier alpha value is -3.10. The Morgan fingerprint density at radius 2 is 2.00 bits per heavy atom. The standard InChI is InChI=1S/C19H18F3N3O3/c1-2-28-18(27)25-8-7-13-12(11-25)9-23-10-14(13)17(26)24-16-6-4-3-5-15(16)19(20,21)22/h3-6,9-10H,2,7-8,11H2,1H3,(H,24,26). The summed E-state index contributed by atoms with van der Waals surface area (Å²) >= 11 is 0. The van der Waals surface area contributed by atoms with Gasteiger partial charge in [-0.3, -0.25) is 9.78 Å². The van der Waals surface area contributed by atoms with Crippen molar-refractivity contribution in [2.24, 2.45) is 0 Å². The fourth-order valence-corrected chi connectivity index (χ4v) is 3.09. The molecule has 0 unspecified atom stereocenters. The molecule has 148 valence electrons. The molecule has 2 heterocycles. The van der Waals surface area contributed by atoms with Gasteiger partial charge in [-0.25, -0.2) is 4.79 Å². The predicted molar refractivity (Wildman–Crippen MR) is 94.8 cm³/mol. The number of carbonyl (C=O) groups excluding carboxylic acids is 2. The zero-order valence-electron chi connectivity index (χ0n) is 15.0. The zero-order valence-corrected chi connectivity index (χ0v) is 15.0. The van der Waals surface area contributed by atoms with Crippen LogP contribution in [0.5, 0.6) is 0 Å². The summed E-state index contributed by atoms with van der Waals surface area (Å²) in [6.45, 7) is 2.52. The highest BCUT2D eigenvalue weighted by molar-refractivity contribution is 6.05. The molecule has 2 amide bonds. The van der Waals surface area contributed by atoms with Crippen LogP contribution in [0.4, 0.5) is 23.7 Å². The van der Waals surface area contributed by atoms with Gasteiger partial charge in [-0.15, -0.1) is 0 Å². The number of amides is 2. The van der Waals surface area contributed by atoms with E-state index in [1.807, 2.05) is 0 Å². The Labute approximate surface area is 159 Å². The maximum Gasteiger partial charge on any atom is 0.418 e. The summed E-state index contributed by atoms with van der Waals surface area (Å²) in [6.07, 6.45) is -1.80. The van der Waals surface area contributed by atoms with Gasteiger partial charge in [-0.2, -0.15) is 13.2 Å². The Bertz CT molecular complexity index is 899. The number of rotatable bonds is 3. The molecule has 9 heteroatoms. The van der Waals surface area contributed by atoms with Gasteiger partial charge in [0.15, 0.2) is 0 Å². The summed E-state index contributed by atoms with van der Waals surface area (Å²) in [5, 5.41) is 2.33. The highest BCUT2D eigenvalue weighted by Crippen LogP contribution is 2.35. The Morgan fingerprint density at radius 3 is 2.71 bits per heavy atom. The van der Waals surface area contributed by atoms with Gasteiger partial charge in [0.1, 0.15) is 0 Å². The van der Waals surface area contributed by atoms with Gasteiger partial charge in [-0.1, -0.05) is 12.1 Å². The minimum atomic E-state index is -4.58. The largest absolute Gasteiger partial charge is 0.450 e. The summed E-state index contributed by atoms with van der Waals surface area (Å²) in [5.74, 6) is -0.675. The number of hydrogen-bond donors (Lipinski definition) is 1. The van der Waals surface area contributed by atoms with Crippen LogP contribution in [0.25, 0.3) is 0 Å². The molecular weight excluding hydrogens is 375 g/mol. The molecule has 6 nitrogen and oxygen atoms in total. The van der Waals surface area contributed by atoms with E-state index in [1.165, 1.54) is 29.3 Å². The van der Waals surface area contributed by atoms with E-state index in [0.29, 0.717) is 24.1 Å². The molecule has 28 heavy (non-hydrogen) atoms. The average molecular weight is 393 g/mol. The van der Waals surface area contributed by atoms with E-state index < -0.39 is 23.7 Å². The zero-order chi connectivity index (χ0) is 20.3. The SMILES string of the molecule is CCOC(=O)N1CCc2c(cncc2C(=O)Nc2ccccc2C(F)(F)F)C1. The Kier molecular flexibility index (Phi) is 5.53. The number of benzene rings is 1. The minimum absolute atomic E-state index is 0.193. The monoisotopic (exact) mass is 393 g/mol. The first-order valence-corrected chi connectivity index (χ1v) is 8.66. The summed E-state index contributed by atoms with van der Waals surface area (Å²) in [5.41, 5.74) is 0.280. The van der Waals surface area contributed by atoms with Gasteiger partial charge >= 0.3 is 12.3 Å². The van der Waals surface area contributed by atoms with Crippen LogP contribution in [0.3, 0.4) is 0 Å². The van der Waals surface area contributed by atoms with Crippen LogP contribution in [0.1, 0.15) is 34.0 Å². The number of fused-ring (bicyclic) bond motifs is 1. The number of nitrogens with zero attached hydrogens (tertiary/aromatic N) is 2. The van der Waals surface area contributed by atoms with Gasteiger partial charge in [-0.05, 0) is 36.6 Å². The third kappa shape index (κ3) is 4.08. The number of pyridine rings is 1. The lowest BCUT2D eigenvalue weighted by molar-refractivity contribution is -0.136. The third-order valence-corrected chi connectivity index (χ3v) is 4.39. The number of alkyl halides is 3. The molecule has 3 rings (SSSR count). The number of hydrogen-bond acceptors (Lipinski definition) is 4. The van der Waals surface area contributed by atoms with E-state index in [4.69, 9.17) is 4.74 Å². The molecule has 0 saturated carbocycles. The average Bonchev–Trinajstić information content (AvgIpc) is 2.66. The third-order valence-electron chi connectivity index (χ3n) is 4.39. The van der Waals surface area contributed by atoms with E-state index in [1.54, 1.807) is 13.1 Å². The fraction of sp³-hybridized carbons (Fsp3) is 0.316. The molecule has 0 fully saturated rings. The van der Waals surface area contributed by atoms with Crippen molar-refractivity contribution in [2.45, 2.75) is 26.1 Å². The van der Waals surface area contributed by atoms with Crippen LogP contribution in [-0.2, 0) is 23.9 Å². The lowest BCUT2D eigenvalue weighted by atomic mass is 9.97. The van der Waals surface area contributed by atoms with E-state index >= 15 is 0 Å². The molecule has 2 aromatic rings. The second-order valence-corrected chi connectivity index (χ2v) is 6.19. The molecule has 1 aromatic carbocycles. The normalized spacial score (nSPS) is 13.6. The van der Waals surface area contributed by atoms with E-state index in [9.17, 15) is 22.8 Å². The fourth-order valence-electron chi connectivity index (χ4n) is 3.09. The maximum absolute atomic E-state index is 13.1. The smallest absolute Gasteiger partial charge is 0.418 e. The molecule has 1 aromatic heterocycles. The van der Waals surface area contributed by atoms with Crippen molar-refractivity contribution >= 4 is 17.7 Å². The van der Waals surface area contributed by atoms with Gasteiger partial charge < -0.3 is 15.0 Å². The highest BCUT2D eigenvalue weighted by atomic mass is 19.4. The highest BCUT2D eigenvalue weighted by Gasteiger charge is 2.34. The molecule has 0 saturated heterocycles. The van der Waals surface area contributed by atoms with Crippen LogP contribution in [-0.4, -0.2) is 35.0 Å². The summed E-state index contributed by atoms with van der Waals surface area (Å²) in [4.78, 5) is 30.1. The molecule has 0 radical (unpaired) electrons. The number of aromatic nitrogens is 1. The van der Waals surface area contributed by atoms with Gasteiger partial charge in [0.25, 0.3) is 5.91 Å². The van der Waals surface area contributed by atoms with Crippen molar-refractivity contribution < 1.29 is 27.5 Å². The van der Waals surface area contributed by atoms with Gasteiger partial charge in [0.05, 0.1) is 30.0 Å². The van der Waals surface area contributed by atoms with Crippen molar-refractivity contribution in [2.75, 3.05) is 18.5 Å². The van der Waals surface area contributed by atoms with Crippen molar-refractivity contribution in [3.8, 4) is 0 Å². The second kappa shape index (κ2) is 7.87. The summed E-state index contributed by atoms with van der Waals surface area (Å²) in [7, 11) is 0. The predicted octanol–water partition coefficient (Wildman–Crippen LogP) is 3.87. The second-order valence-electron chi connectivity index (χ2n) is 6.19. The summed E-state index contributed by atoms with van der Waals surface area (Å²) in [6, 6.07) is 4.78. The Morgan fingerprint density at radius 1 is 1.25 bits per heavy atom. The van der Waals surface area contributed by atoms with Crippen LogP contribution < -0.4 is 5.32 Å². The number of para-hydroxylation sites is 1. The molecule has 1 aliphatic rings. The molecule has 0 atom stereocenters. The molecule has 1 aliphatic heterocycles. The van der Waals surface area contributed by atoms with Gasteiger partial charge in [0.2, 0.25) is 0 Å². The van der Waals surface area contributed by atoms with Crippen LogP contribution in [0.15, 0.2) is 36.7 Å². The lowest BCUT2D eigenvalue weighted by Crippen LogP contribution is -2.37. The molecule has 0 bridgehead atoms. The first-order valence-electron chi connectivity index (χ1n) is 8.66. The first-order chi connectivity index (χ1) is 13.3. The quantitative estimate of drug-likeness (QED) is 0.860. The van der Waals surface area contributed by atoms with Crippen molar-refractivity contribution in [1.82, 2.24) is 9.88 Å². The Balaban J connectivity index is 1.84. The topological polar surface area (TPSA) is 71.5 Å². The summed E-state index contributed by atoms with van der Waals surface area (Å²) < 4.78 is 44.4. The van der Waals surface area contributed by atoms with Crippen LogP contribution in [0, 0.1) is 0 Å². The first kappa shape index (κ1) is 19.7. The molecule has 1 N–H and O–H groups in total. The van der Waals surface area contributed by atoms with Crippen molar-refractivity contribution in [3.63, 3.8) is 0 Å². The minimum Gasteiger partial charge on any atom is -0.450 e. The van der Waals surface area contributed by atoms with Gasteiger partial charge in [0, 0.05) is 18.9 Å². The van der Waals surface area contributed by atoms with Crippen LogP contribution in [0.2, 0.25) is 0 Å². The number of anilines is 1. The molecular formula is C19H18F3N3O3. The number of halogens is 3. The van der Waals surface area contributed by atoms with Crippen LogP contribution >= 0.6 is 0 Å². The van der Waals surface area contributed by atoms with E-state index in [2.05, 4.69) is 10.3 Å². The molecule has 0 aliphatic carbocycles. The number of ether oxygens (including phenoxy) is 1. The van der Waals surface area contributed by atoms with E-state index in [0.717, 1.165) is 6.07 Å². The number of nitrogens with one attached hydrogen (secondary N) is 1. The van der Waals surface area contributed by atoms with Crippen molar-refractivity contribution in [1.29, 1.82) is 0 Å².